The zero-order valence-corrected chi connectivity index (χ0v) is 15.8. The lowest BCUT2D eigenvalue weighted by molar-refractivity contribution is 0.327. The van der Waals surface area contributed by atoms with E-state index in [-0.39, 0.29) is 0 Å². The Bertz CT molecular complexity index is 1070. The van der Waals surface area contributed by atoms with E-state index in [0.717, 1.165) is 47.9 Å². The summed E-state index contributed by atoms with van der Waals surface area (Å²) in [5.74, 6) is 2.83. The summed E-state index contributed by atoms with van der Waals surface area (Å²) in [5, 5.41) is 7.27. The van der Waals surface area contributed by atoms with E-state index in [2.05, 4.69) is 54.7 Å². The van der Waals surface area contributed by atoms with Crippen LogP contribution in [-0.2, 0) is 0 Å². The molecule has 0 bridgehead atoms. The Morgan fingerprint density at radius 3 is 2.67 bits per heavy atom. The molecular weight excluding hydrogens is 358 g/mol. The van der Waals surface area contributed by atoms with Gasteiger partial charge in [-0.15, -0.1) is 11.3 Å². The first-order valence-corrected chi connectivity index (χ1v) is 10.0. The molecule has 0 saturated carbocycles. The second-order valence-electron chi connectivity index (χ2n) is 6.83. The zero-order chi connectivity index (χ0) is 18.2. The fraction of sp³-hybridized carbons (Fsp3) is 0.300. The third-order valence-corrected chi connectivity index (χ3v) is 6.01. The second kappa shape index (κ2) is 6.74. The van der Waals surface area contributed by atoms with Crippen LogP contribution < -0.4 is 4.90 Å². The first-order chi connectivity index (χ1) is 13.3. The van der Waals surface area contributed by atoms with E-state index in [0.29, 0.717) is 11.7 Å². The number of hydrogen-bond acceptors (Lipinski definition) is 7. The lowest BCUT2D eigenvalue weighted by atomic mass is 9.96. The standard InChI is InChI=1S/C20H19N5OS/c1-13-23-19(26-24-13)15-7-9-25(10-8-15)18-17-16(14-5-3-2-4-6-14)11-27-20(17)22-12-21-18/h2-6,11-12,15H,7-10H2,1H3. The molecule has 6 nitrogen and oxygen atoms in total. The highest BCUT2D eigenvalue weighted by atomic mass is 32.1. The van der Waals surface area contributed by atoms with E-state index in [1.54, 1.807) is 17.7 Å². The maximum Gasteiger partial charge on any atom is 0.229 e. The topological polar surface area (TPSA) is 67.9 Å². The third kappa shape index (κ3) is 2.98. The SMILES string of the molecule is Cc1noc(C2CCN(c3ncnc4scc(-c5ccccc5)c34)CC2)n1. The minimum atomic E-state index is 0.329. The van der Waals surface area contributed by atoms with Gasteiger partial charge in [-0.05, 0) is 25.3 Å². The largest absolute Gasteiger partial charge is 0.356 e. The van der Waals surface area contributed by atoms with Crippen molar-refractivity contribution in [3.63, 3.8) is 0 Å². The number of piperidine rings is 1. The zero-order valence-electron chi connectivity index (χ0n) is 15.0. The van der Waals surface area contributed by atoms with Crippen LogP contribution in [0.1, 0.15) is 30.5 Å². The van der Waals surface area contributed by atoms with Crippen LogP contribution in [0.4, 0.5) is 5.82 Å². The second-order valence-corrected chi connectivity index (χ2v) is 7.69. The van der Waals surface area contributed by atoms with Crippen molar-refractivity contribution in [1.82, 2.24) is 20.1 Å². The van der Waals surface area contributed by atoms with Crippen molar-refractivity contribution >= 4 is 27.4 Å². The van der Waals surface area contributed by atoms with Gasteiger partial charge >= 0.3 is 0 Å². The van der Waals surface area contributed by atoms with Crippen LogP contribution in [0.2, 0.25) is 0 Å². The Hall–Kier alpha value is -2.80. The summed E-state index contributed by atoms with van der Waals surface area (Å²) >= 11 is 1.68. The summed E-state index contributed by atoms with van der Waals surface area (Å²) in [4.78, 5) is 17.0. The Morgan fingerprint density at radius 1 is 1.11 bits per heavy atom. The number of anilines is 1. The van der Waals surface area contributed by atoms with Gasteiger partial charge in [0.15, 0.2) is 5.82 Å². The fourth-order valence-corrected chi connectivity index (χ4v) is 4.66. The smallest absolute Gasteiger partial charge is 0.229 e. The molecule has 1 fully saturated rings. The van der Waals surface area contributed by atoms with Crippen molar-refractivity contribution in [1.29, 1.82) is 0 Å². The van der Waals surface area contributed by atoms with Crippen LogP contribution in [-0.4, -0.2) is 33.2 Å². The molecule has 0 unspecified atom stereocenters. The number of thiophene rings is 1. The summed E-state index contributed by atoms with van der Waals surface area (Å²) in [6.07, 6.45) is 3.65. The van der Waals surface area contributed by atoms with Gasteiger partial charge in [-0.2, -0.15) is 4.98 Å². The van der Waals surface area contributed by atoms with Crippen molar-refractivity contribution in [3.05, 3.63) is 53.8 Å². The Balaban J connectivity index is 1.46. The monoisotopic (exact) mass is 377 g/mol. The molecule has 4 aromatic rings. The van der Waals surface area contributed by atoms with Crippen LogP contribution in [0.3, 0.4) is 0 Å². The molecule has 1 saturated heterocycles. The van der Waals surface area contributed by atoms with E-state index < -0.39 is 0 Å². The average Bonchev–Trinajstić information content (AvgIpc) is 3.35. The van der Waals surface area contributed by atoms with Crippen LogP contribution in [0, 0.1) is 6.92 Å². The third-order valence-electron chi connectivity index (χ3n) is 5.12. The van der Waals surface area contributed by atoms with E-state index in [4.69, 9.17) is 4.52 Å². The minimum Gasteiger partial charge on any atom is -0.356 e. The van der Waals surface area contributed by atoms with Crippen LogP contribution in [0.25, 0.3) is 21.3 Å². The Labute approximate surface area is 160 Å². The number of fused-ring (bicyclic) bond motifs is 1. The molecule has 5 rings (SSSR count). The predicted octanol–water partition coefficient (Wildman–Crippen LogP) is 4.43. The highest BCUT2D eigenvalue weighted by Crippen LogP contribution is 2.39. The Kier molecular flexibility index (Phi) is 4.09. The number of nitrogens with zero attached hydrogens (tertiary/aromatic N) is 5. The van der Waals surface area contributed by atoms with Crippen molar-refractivity contribution < 1.29 is 4.52 Å². The molecule has 0 N–H and O–H groups in total. The molecule has 0 aliphatic carbocycles. The number of rotatable bonds is 3. The van der Waals surface area contributed by atoms with Gasteiger partial charge < -0.3 is 9.42 Å². The van der Waals surface area contributed by atoms with Gasteiger partial charge in [0.25, 0.3) is 0 Å². The number of benzene rings is 1. The summed E-state index contributed by atoms with van der Waals surface area (Å²) in [6.45, 7) is 3.70. The quantitative estimate of drug-likeness (QED) is 0.526. The van der Waals surface area contributed by atoms with Gasteiger partial charge in [0.05, 0.1) is 5.39 Å². The molecular formula is C20H19N5OS. The summed E-state index contributed by atoms with van der Waals surface area (Å²) in [6, 6.07) is 10.5. The Morgan fingerprint density at radius 2 is 1.93 bits per heavy atom. The fourth-order valence-electron chi connectivity index (χ4n) is 3.75. The molecule has 1 aliphatic heterocycles. The van der Waals surface area contributed by atoms with Crippen LogP contribution in [0.5, 0.6) is 0 Å². The highest BCUT2D eigenvalue weighted by molar-refractivity contribution is 7.17. The molecule has 0 radical (unpaired) electrons. The molecule has 7 heteroatoms. The molecule has 1 aliphatic rings. The van der Waals surface area contributed by atoms with Crippen LogP contribution >= 0.6 is 11.3 Å². The van der Waals surface area contributed by atoms with Crippen molar-refractivity contribution in [2.45, 2.75) is 25.7 Å². The molecule has 136 valence electrons. The van der Waals surface area contributed by atoms with Gasteiger partial charge in [0.1, 0.15) is 17.0 Å². The molecule has 0 atom stereocenters. The van der Waals surface area contributed by atoms with Crippen molar-refractivity contribution in [2.24, 2.45) is 0 Å². The van der Waals surface area contributed by atoms with E-state index in [1.807, 2.05) is 13.0 Å². The van der Waals surface area contributed by atoms with E-state index >= 15 is 0 Å². The van der Waals surface area contributed by atoms with Crippen LogP contribution in [0.15, 0.2) is 46.6 Å². The normalized spacial score (nSPS) is 15.5. The first kappa shape index (κ1) is 16.4. The molecule has 0 spiro atoms. The molecule has 27 heavy (non-hydrogen) atoms. The van der Waals surface area contributed by atoms with Crippen molar-refractivity contribution in [2.75, 3.05) is 18.0 Å². The van der Waals surface area contributed by atoms with Gasteiger partial charge in [-0.1, -0.05) is 35.5 Å². The maximum atomic E-state index is 5.38. The van der Waals surface area contributed by atoms with Crippen molar-refractivity contribution in [3.8, 4) is 11.1 Å². The number of aryl methyl sites for hydroxylation is 1. The number of aromatic nitrogens is 4. The first-order valence-electron chi connectivity index (χ1n) is 9.12. The van der Waals surface area contributed by atoms with Gasteiger partial charge in [-0.25, -0.2) is 9.97 Å². The van der Waals surface area contributed by atoms with Gasteiger partial charge in [0, 0.05) is 30.0 Å². The highest BCUT2D eigenvalue weighted by Gasteiger charge is 2.27. The van der Waals surface area contributed by atoms with Gasteiger partial charge in [0.2, 0.25) is 5.89 Å². The molecule has 0 amide bonds. The van der Waals surface area contributed by atoms with E-state index in [9.17, 15) is 0 Å². The summed E-state index contributed by atoms with van der Waals surface area (Å²) in [5.41, 5.74) is 2.41. The van der Waals surface area contributed by atoms with Gasteiger partial charge in [-0.3, -0.25) is 0 Å². The maximum absolute atomic E-state index is 5.38. The average molecular weight is 377 g/mol. The summed E-state index contributed by atoms with van der Waals surface area (Å²) in [7, 11) is 0. The molecule has 3 aromatic heterocycles. The lowest BCUT2D eigenvalue weighted by Gasteiger charge is -2.31. The summed E-state index contributed by atoms with van der Waals surface area (Å²) < 4.78 is 5.38. The predicted molar refractivity (Wildman–Crippen MR) is 106 cm³/mol. The number of hydrogen-bond donors (Lipinski definition) is 0. The lowest BCUT2D eigenvalue weighted by Crippen LogP contribution is -2.33. The minimum absolute atomic E-state index is 0.329. The molecule has 1 aromatic carbocycles. The van der Waals surface area contributed by atoms with E-state index in [1.165, 1.54) is 11.1 Å². The molecule has 4 heterocycles.